The van der Waals surface area contributed by atoms with E-state index in [9.17, 15) is 14.3 Å². The maximum Gasteiger partial charge on any atom is 0.248 e. The number of aliphatic hydroxyl groups is 1. The van der Waals surface area contributed by atoms with Crippen LogP contribution in [0.5, 0.6) is 0 Å². The molecule has 0 spiro atoms. The molecule has 0 heterocycles. The van der Waals surface area contributed by atoms with Gasteiger partial charge in [-0.25, -0.2) is 4.39 Å². The molecule has 1 amide bonds. The molecule has 2 N–H and O–H groups in total. The van der Waals surface area contributed by atoms with Gasteiger partial charge in [-0.2, -0.15) is 0 Å². The summed E-state index contributed by atoms with van der Waals surface area (Å²) in [5.74, 6) is -0.766. The van der Waals surface area contributed by atoms with Gasteiger partial charge in [-0.3, -0.25) is 4.79 Å². The molecule has 0 aliphatic rings. The maximum atomic E-state index is 12.5. The van der Waals surface area contributed by atoms with Crippen molar-refractivity contribution < 1.29 is 14.3 Å². The van der Waals surface area contributed by atoms with Crippen LogP contribution in [0.2, 0.25) is 0 Å². The Balaban J connectivity index is 2.60. The second kappa shape index (κ2) is 4.72. The summed E-state index contributed by atoms with van der Waals surface area (Å²) in [7, 11) is 1.45. The minimum atomic E-state index is -1.08. The third-order valence-electron chi connectivity index (χ3n) is 1.89. The number of carbonyl (C=O) groups excluding carboxylic acids is 1. The molecule has 1 aromatic rings. The second-order valence-electron chi connectivity index (χ2n) is 2.96. The highest BCUT2D eigenvalue weighted by atomic mass is 19.1. The lowest BCUT2D eigenvalue weighted by atomic mass is 10.1. The lowest BCUT2D eigenvalue weighted by molar-refractivity contribution is -0.128. The molecule has 1 aromatic carbocycles. The number of carbonyl (C=O) groups is 1. The van der Waals surface area contributed by atoms with E-state index in [1.165, 1.54) is 19.2 Å². The quantitative estimate of drug-likeness (QED) is 0.740. The Bertz CT molecular complexity index is 310. The highest BCUT2D eigenvalue weighted by Gasteiger charge is 2.13. The van der Waals surface area contributed by atoms with Crippen LogP contribution in [0.1, 0.15) is 5.56 Å². The van der Waals surface area contributed by atoms with Crippen LogP contribution in [0.3, 0.4) is 0 Å². The van der Waals surface area contributed by atoms with Crippen LogP contribution in [0.15, 0.2) is 24.3 Å². The monoisotopic (exact) mass is 197 g/mol. The number of amides is 1. The lowest BCUT2D eigenvalue weighted by Gasteiger charge is -2.08. The zero-order valence-electron chi connectivity index (χ0n) is 7.83. The highest BCUT2D eigenvalue weighted by Crippen LogP contribution is 2.05. The standard InChI is InChI=1S/C10H12FNO2/c1-12-10(14)9(13)6-7-2-4-8(11)5-3-7/h2-5,9,13H,6H2,1H3,(H,12,14). The zero-order valence-corrected chi connectivity index (χ0v) is 7.83. The zero-order chi connectivity index (χ0) is 10.6. The van der Waals surface area contributed by atoms with E-state index in [2.05, 4.69) is 5.32 Å². The Morgan fingerprint density at radius 1 is 1.50 bits per heavy atom. The maximum absolute atomic E-state index is 12.5. The third kappa shape index (κ3) is 2.81. The molecule has 14 heavy (non-hydrogen) atoms. The molecule has 0 bridgehead atoms. The fraction of sp³-hybridized carbons (Fsp3) is 0.300. The van der Waals surface area contributed by atoms with E-state index in [0.717, 1.165) is 5.56 Å². The molecule has 3 nitrogen and oxygen atoms in total. The summed E-state index contributed by atoms with van der Waals surface area (Å²) in [6, 6.07) is 5.68. The van der Waals surface area contributed by atoms with Crippen LogP contribution in [-0.4, -0.2) is 24.2 Å². The Hall–Kier alpha value is -1.42. The van der Waals surface area contributed by atoms with Crippen molar-refractivity contribution in [2.45, 2.75) is 12.5 Å². The van der Waals surface area contributed by atoms with E-state index >= 15 is 0 Å². The number of hydrogen-bond donors (Lipinski definition) is 2. The van der Waals surface area contributed by atoms with Crippen LogP contribution >= 0.6 is 0 Å². The van der Waals surface area contributed by atoms with Crippen molar-refractivity contribution in [3.8, 4) is 0 Å². The predicted octanol–water partition coefficient (Wildman–Crippen LogP) is 0.475. The van der Waals surface area contributed by atoms with E-state index in [1.807, 2.05) is 0 Å². The van der Waals surface area contributed by atoms with Gasteiger partial charge >= 0.3 is 0 Å². The summed E-state index contributed by atoms with van der Waals surface area (Å²) < 4.78 is 12.5. The molecule has 0 saturated carbocycles. The topological polar surface area (TPSA) is 49.3 Å². The van der Waals surface area contributed by atoms with Crippen molar-refractivity contribution in [3.05, 3.63) is 35.6 Å². The summed E-state index contributed by atoms with van der Waals surface area (Å²) >= 11 is 0. The fourth-order valence-electron chi connectivity index (χ4n) is 1.10. The molecule has 4 heteroatoms. The van der Waals surface area contributed by atoms with E-state index in [0.29, 0.717) is 0 Å². The molecule has 1 atom stereocenters. The first-order valence-corrected chi connectivity index (χ1v) is 4.27. The van der Waals surface area contributed by atoms with Gasteiger partial charge in [0, 0.05) is 13.5 Å². The van der Waals surface area contributed by atoms with Gasteiger partial charge in [-0.1, -0.05) is 12.1 Å². The molecule has 76 valence electrons. The van der Waals surface area contributed by atoms with Crippen LogP contribution in [0.4, 0.5) is 4.39 Å². The summed E-state index contributed by atoms with van der Waals surface area (Å²) in [6.07, 6.45) is -0.884. The number of benzene rings is 1. The number of hydrogen-bond acceptors (Lipinski definition) is 2. The van der Waals surface area contributed by atoms with Crippen LogP contribution in [0, 0.1) is 5.82 Å². The van der Waals surface area contributed by atoms with Crippen molar-refractivity contribution in [1.82, 2.24) is 5.32 Å². The summed E-state index contributed by atoms with van der Waals surface area (Å²) in [4.78, 5) is 10.9. The minimum absolute atomic E-state index is 0.194. The summed E-state index contributed by atoms with van der Waals surface area (Å²) in [5.41, 5.74) is 0.725. The Morgan fingerprint density at radius 2 is 2.07 bits per heavy atom. The average Bonchev–Trinajstić information content (AvgIpc) is 2.20. The van der Waals surface area contributed by atoms with Gasteiger partial charge in [0.1, 0.15) is 11.9 Å². The van der Waals surface area contributed by atoms with Crippen molar-refractivity contribution in [1.29, 1.82) is 0 Å². The molecule has 0 saturated heterocycles. The molecule has 0 aliphatic heterocycles. The largest absolute Gasteiger partial charge is 0.383 e. The fourth-order valence-corrected chi connectivity index (χ4v) is 1.10. The van der Waals surface area contributed by atoms with E-state index < -0.39 is 12.0 Å². The number of aliphatic hydroxyl groups excluding tert-OH is 1. The van der Waals surface area contributed by atoms with Crippen molar-refractivity contribution in [2.24, 2.45) is 0 Å². The van der Waals surface area contributed by atoms with Gasteiger partial charge in [0.15, 0.2) is 0 Å². The Morgan fingerprint density at radius 3 is 2.57 bits per heavy atom. The molecule has 0 aliphatic carbocycles. The van der Waals surface area contributed by atoms with E-state index in [1.54, 1.807) is 12.1 Å². The van der Waals surface area contributed by atoms with Gasteiger partial charge in [-0.05, 0) is 17.7 Å². The van der Waals surface area contributed by atoms with Gasteiger partial charge in [0.2, 0.25) is 5.91 Å². The normalized spacial score (nSPS) is 12.2. The van der Waals surface area contributed by atoms with Gasteiger partial charge < -0.3 is 10.4 Å². The molecule has 1 unspecified atom stereocenters. The van der Waals surface area contributed by atoms with Crippen molar-refractivity contribution in [3.63, 3.8) is 0 Å². The van der Waals surface area contributed by atoms with Crippen molar-refractivity contribution >= 4 is 5.91 Å². The average molecular weight is 197 g/mol. The minimum Gasteiger partial charge on any atom is -0.383 e. The Kier molecular flexibility index (Phi) is 3.59. The third-order valence-corrected chi connectivity index (χ3v) is 1.89. The van der Waals surface area contributed by atoms with Gasteiger partial charge in [-0.15, -0.1) is 0 Å². The van der Waals surface area contributed by atoms with Crippen LogP contribution in [-0.2, 0) is 11.2 Å². The van der Waals surface area contributed by atoms with Crippen LogP contribution < -0.4 is 5.32 Å². The molecular formula is C10H12FNO2. The second-order valence-corrected chi connectivity index (χ2v) is 2.96. The number of halogens is 1. The summed E-state index contributed by atoms with van der Waals surface area (Å²) in [5, 5.41) is 11.7. The first kappa shape index (κ1) is 10.7. The SMILES string of the molecule is CNC(=O)C(O)Cc1ccc(F)cc1. The molecule has 0 fully saturated rings. The smallest absolute Gasteiger partial charge is 0.248 e. The van der Waals surface area contributed by atoms with Crippen molar-refractivity contribution in [2.75, 3.05) is 7.05 Å². The Labute approximate surface area is 81.6 Å². The first-order valence-electron chi connectivity index (χ1n) is 4.27. The molecule has 0 radical (unpaired) electrons. The van der Waals surface area contributed by atoms with Gasteiger partial charge in [0.25, 0.3) is 0 Å². The summed E-state index contributed by atoms with van der Waals surface area (Å²) in [6.45, 7) is 0. The number of likely N-dealkylation sites (N-methyl/N-ethyl adjacent to an activating group) is 1. The number of nitrogens with one attached hydrogen (secondary N) is 1. The van der Waals surface area contributed by atoms with E-state index in [4.69, 9.17) is 0 Å². The van der Waals surface area contributed by atoms with Gasteiger partial charge in [0.05, 0.1) is 0 Å². The van der Waals surface area contributed by atoms with E-state index in [-0.39, 0.29) is 12.2 Å². The highest BCUT2D eigenvalue weighted by molar-refractivity contribution is 5.80. The molecule has 1 rings (SSSR count). The predicted molar refractivity (Wildman–Crippen MR) is 50.2 cm³/mol. The first-order chi connectivity index (χ1) is 6.63. The molecule has 0 aromatic heterocycles. The lowest BCUT2D eigenvalue weighted by Crippen LogP contribution is -2.33. The number of rotatable bonds is 3. The van der Waals surface area contributed by atoms with Crippen LogP contribution in [0.25, 0.3) is 0 Å². The molecular weight excluding hydrogens is 185 g/mol.